The summed E-state index contributed by atoms with van der Waals surface area (Å²) in [6.45, 7) is 9.60. The molecular weight excluding hydrogens is 833 g/mol. The number of piperidine rings is 1. The van der Waals surface area contributed by atoms with Crippen molar-refractivity contribution in [3.8, 4) is 11.6 Å². The highest BCUT2D eigenvalue weighted by atomic mass is 32.2. The van der Waals surface area contributed by atoms with Crippen LogP contribution in [0.25, 0.3) is 10.9 Å². The Morgan fingerprint density at radius 3 is 2.42 bits per heavy atom. The van der Waals surface area contributed by atoms with E-state index in [4.69, 9.17) is 19.2 Å². The van der Waals surface area contributed by atoms with Gasteiger partial charge in [0.1, 0.15) is 24.1 Å². The Hall–Kier alpha value is -4.04. The van der Waals surface area contributed by atoms with Gasteiger partial charge in [-0.05, 0) is 114 Å². The monoisotopic (exact) mass is 900 g/mol. The van der Waals surface area contributed by atoms with Crippen LogP contribution in [0.15, 0.2) is 36.9 Å². The number of hydrogen-bond donors (Lipinski definition) is 1. The predicted molar refractivity (Wildman–Crippen MR) is 242 cm³/mol. The molecule has 1 aromatic carbocycles. The van der Waals surface area contributed by atoms with Gasteiger partial charge in [-0.25, -0.2) is 13.4 Å². The second kappa shape index (κ2) is 17.6. The summed E-state index contributed by atoms with van der Waals surface area (Å²) in [5.41, 5.74) is -0.161. The molecule has 1 N–H and O–H groups in total. The van der Waals surface area contributed by atoms with E-state index in [0.717, 1.165) is 112 Å². The number of nitrogens with zero attached hydrogens (tertiary/aromatic N) is 3. The molecule has 0 spiro atoms. The van der Waals surface area contributed by atoms with Gasteiger partial charge in [0.2, 0.25) is 27.7 Å². The van der Waals surface area contributed by atoms with Crippen molar-refractivity contribution < 1.29 is 41.8 Å². The molecule has 9 rings (SSSR count). The van der Waals surface area contributed by atoms with Gasteiger partial charge in [0, 0.05) is 31.3 Å². The molecule has 2 saturated heterocycles. The number of rotatable bonds is 10. The average Bonchev–Trinajstić information content (AvgIpc) is 4.23. The first-order valence-electron chi connectivity index (χ1n) is 24.3. The second-order valence-corrected chi connectivity index (χ2v) is 23.4. The van der Waals surface area contributed by atoms with Gasteiger partial charge in [0.15, 0.2) is 5.78 Å². The molecule has 2 amide bonds. The van der Waals surface area contributed by atoms with Crippen LogP contribution in [0.5, 0.6) is 11.6 Å². The summed E-state index contributed by atoms with van der Waals surface area (Å²) < 4.78 is 48.0. The standard InChI is InChI=1S/C50H68N4O9S/c1-5-33-29-50(33,47(58)52-64(59,60)49(3)22-23-49)30-41(55)40-27-35-31-54(40)46(57)38(48(2)20-12-7-13-21-48)28-43(56)63-42-26-32(42)14-8-6-9-16-37-44(61-34-18-24-53(4)25-19-34)36-15-10-11-17-39(36)51-45(37)62-35/h5,10-11,15,17,32-35,38,40,42H,1,6-9,12-14,16,18-31H2,2-4H3,(H,52,58)/t32-,33-,35-,38-,40+,42-,50-/m1/s1. The van der Waals surface area contributed by atoms with Gasteiger partial charge in [0.05, 0.1) is 46.2 Å². The molecule has 4 heterocycles. The maximum atomic E-state index is 15.4. The Morgan fingerprint density at radius 2 is 1.70 bits per heavy atom. The van der Waals surface area contributed by atoms with Crippen molar-refractivity contribution in [3.05, 3.63) is 42.5 Å². The van der Waals surface area contributed by atoms with Gasteiger partial charge in [-0.3, -0.25) is 23.9 Å². The van der Waals surface area contributed by atoms with E-state index in [1.54, 1.807) is 17.9 Å². The number of carbonyl (C=O) groups is 4. The molecule has 348 valence electrons. The summed E-state index contributed by atoms with van der Waals surface area (Å²) in [7, 11) is -1.83. The fraction of sp³-hybridized carbons (Fsp3) is 0.700. The van der Waals surface area contributed by atoms with Crippen LogP contribution in [0, 0.1) is 28.6 Å². The first-order chi connectivity index (χ1) is 30.6. The van der Waals surface area contributed by atoms with Crippen molar-refractivity contribution in [2.45, 2.75) is 165 Å². The SMILES string of the molecule is C=C[C@@H]1C[C@]1(CC(=O)[C@@H]1C[C@@H]2CN1C(=O)[C@H](C1(C)CCCCC1)CC(=O)O[C@@H]1C[C@H]1CCCCCc1c(nc3ccccc3c1OC1CCN(C)CC1)O2)C(=O)NS(=O)(=O)C1(C)CC1. The number of amides is 2. The van der Waals surface area contributed by atoms with Crippen LogP contribution in [-0.4, -0.2) is 103 Å². The quantitative estimate of drug-likeness (QED) is 0.189. The molecule has 0 radical (unpaired) electrons. The Balaban J connectivity index is 1.08. The number of para-hydroxylation sites is 1. The molecule has 1 aromatic heterocycles. The highest BCUT2D eigenvalue weighted by Crippen LogP contribution is 2.57. The fourth-order valence-electron chi connectivity index (χ4n) is 11.4. The van der Waals surface area contributed by atoms with Crippen molar-refractivity contribution in [3.63, 3.8) is 0 Å². The molecule has 14 heteroatoms. The van der Waals surface area contributed by atoms with Gasteiger partial charge in [-0.1, -0.05) is 57.2 Å². The zero-order valence-electron chi connectivity index (χ0n) is 38.1. The van der Waals surface area contributed by atoms with Gasteiger partial charge in [0.25, 0.3) is 0 Å². The molecule has 64 heavy (non-hydrogen) atoms. The molecule has 2 bridgehead atoms. The molecule has 0 unspecified atom stereocenters. The van der Waals surface area contributed by atoms with Crippen molar-refractivity contribution in [1.29, 1.82) is 0 Å². The molecule has 13 nitrogen and oxygen atoms in total. The van der Waals surface area contributed by atoms with Crippen molar-refractivity contribution in [1.82, 2.24) is 19.5 Å². The molecule has 3 aliphatic heterocycles. The lowest BCUT2D eigenvalue weighted by molar-refractivity contribution is -0.155. The average molecular weight is 901 g/mol. The maximum Gasteiger partial charge on any atom is 0.306 e. The lowest BCUT2D eigenvalue weighted by atomic mass is 9.65. The van der Waals surface area contributed by atoms with E-state index in [-0.39, 0.29) is 62.1 Å². The normalized spacial score (nSPS) is 32.1. The molecular formula is C50H68N4O9S. The Bertz CT molecular complexity index is 2260. The predicted octanol–water partition coefficient (Wildman–Crippen LogP) is 7.23. The number of pyridine rings is 1. The first kappa shape index (κ1) is 45.1. The molecule has 4 saturated carbocycles. The number of Topliss-reactive ketones (excluding diaryl/α,β-unsaturated/α-hetero) is 1. The summed E-state index contributed by atoms with van der Waals surface area (Å²) in [5, 5.41) is 0.927. The van der Waals surface area contributed by atoms with Crippen LogP contribution in [0.1, 0.15) is 135 Å². The fourth-order valence-corrected chi connectivity index (χ4v) is 12.7. The number of likely N-dealkylation sites (tertiary alicyclic amines) is 1. The van der Waals surface area contributed by atoms with Gasteiger partial charge in [-0.2, -0.15) is 0 Å². The Kier molecular flexibility index (Phi) is 12.4. The Morgan fingerprint density at radius 1 is 0.969 bits per heavy atom. The van der Waals surface area contributed by atoms with Gasteiger partial charge < -0.3 is 24.0 Å². The van der Waals surface area contributed by atoms with Crippen molar-refractivity contribution in [2.24, 2.45) is 28.6 Å². The highest BCUT2D eigenvalue weighted by Gasteiger charge is 2.63. The molecule has 4 aliphatic carbocycles. The number of fused-ring (bicyclic) bond motifs is 5. The third kappa shape index (κ3) is 9.07. The van der Waals surface area contributed by atoms with Crippen LogP contribution >= 0.6 is 0 Å². The number of ether oxygens (including phenoxy) is 3. The number of aromatic nitrogens is 1. The summed E-state index contributed by atoms with van der Waals surface area (Å²) in [5.74, 6) is -1.28. The number of esters is 1. The largest absolute Gasteiger partial charge is 0.489 e. The molecule has 2 aromatic rings. The van der Waals surface area contributed by atoms with E-state index >= 15 is 4.79 Å². The van der Waals surface area contributed by atoms with Crippen LogP contribution in [0.2, 0.25) is 0 Å². The number of allylic oxidation sites excluding steroid dienone is 1. The smallest absolute Gasteiger partial charge is 0.306 e. The minimum Gasteiger partial charge on any atom is -0.489 e. The lowest BCUT2D eigenvalue weighted by Gasteiger charge is -2.42. The zero-order valence-corrected chi connectivity index (χ0v) is 38.9. The highest BCUT2D eigenvalue weighted by molar-refractivity contribution is 7.91. The minimum atomic E-state index is -3.96. The number of nitrogens with one attached hydrogen (secondary N) is 1. The number of sulfonamides is 1. The van der Waals surface area contributed by atoms with Crippen LogP contribution in [0.4, 0.5) is 0 Å². The van der Waals surface area contributed by atoms with Crippen molar-refractivity contribution in [2.75, 3.05) is 26.7 Å². The van der Waals surface area contributed by atoms with E-state index in [9.17, 15) is 22.8 Å². The van der Waals surface area contributed by atoms with Crippen LogP contribution in [-0.2, 0) is 40.4 Å². The number of hydrogen-bond acceptors (Lipinski definition) is 11. The number of benzene rings is 1. The van der Waals surface area contributed by atoms with Gasteiger partial charge >= 0.3 is 5.97 Å². The van der Waals surface area contributed by atoms with E-state index < -0.39 is 55.5 Å². The first-order valence-corrected chi connectivity index (χ1v) is 25.8. The lowest BCUT2D eigenvalue weighted by Crippen LogP contribution is -2.50. The van der Waals surface area contributed by atoms with E-state index in [0.29, 0.717) is 31.1 Å². The summed E-state index contributed by atoms with van der Waals surface area (Å²) in [6, 6.07) is 6.99. The van der Waals surface area contributed by atoms with Crippen molar-refractivity contribution >= 4 is 44.5 Å². The van der Waals surface area contributed by atoms with Crippen LogP contribution < -0.4 is 14.2 Å². The van der Waals surface area contributed by atoms with E-state index in [2.05, 4.69) is 36.2 Å². The maximum absolute atomic E-state index is 15.4. The third-order valence-electron chi connectivity index (χ3n) is 16.4. The second-order valence-electron chi connectivity index (χ2n) is 21.2. The summed E-state index contributed by atoms with van der Waals surface area (Å²) in [4.78, 5) is 67.3. The molecule has 7 aliphatic rings. The minimum absolute atomic E-state index is 0.0294. The summed E-state index contributed by atoms with van der Waals surface area (Å²) in [6.07, 6.45) is 13.5. The molecule has 7 atom stereocenters. The number of carbonyl (C=O) groups excluding carboxylic acids is 4. The Labute approximate surface area is 378 Å². The topological polar surface area (TPSA) is 162 Å². The molecule has 6 fully saturated rings. The zero-order chi connectivity index (χ0) is 45.0. The van der Waals surface area contributed by atoms with E-state index in [1.807, 2.05) is 18.2 Å². The third-order valence-corrected chi connectivity index (χ3v) is 18.5. The van der Waals surface area contributed by atoms with Gasteiger partial charge in [-0.15, -0.1) is 6.58 Å². The van der Waals surface area contributed by atoms with E-state index in [1.165, 1.54) is 0 Å². The summed E-state index contributed by atoms with van der Waals surface area (Å²) >= 11 is 0. The number of ketones is 1. The van der Waals surface area contributed by atoms with Crippen LogP contribution in [0.3, 0.4) is 0 Å².